The Morgan fingerprint density at radius 3 is 2.75 bits per heavy atom. The van der Waals surface area contributed by atoms with Crippen LogP contribution in [0, 0.1) is 0 Å². The highest BCUT2D eigenvalue weighted by Crippen LogP contribution is 2.25. The van der Waals surface area contributed by atoms with E-state index >= 15 is 0 Å². The van der Waals surface area contributed by atoms with Crippen molar-refractivity contribution in [1.82, 2.24) is 14.8 Å². The summed E-state index contributed by atoms with van der Waals surface area (Å²) in [6.07, 6.45) is 2.08. The van der Waals surface area contributed by atoms with Gasteiger partial charge in [0.1, 0.15) is 0 Å². The average Bonchev–Trinajstić information content (AvgIpc) is 3.09. The number of hydrogen-bond donors (Lipinski definition) is 1. The van der Waals surface area contributed by atoms with Crippen LogP contribution in [-0.2, 0) is 6.54 Å². The maximum absolute atomic E-state index is 12.6. The minimum atomic E-state index is 0.0169. The number of rotatable bonds is 4. The van der Waals surface area contributed by atoms with E-state index in [1.54, 1.807) is 0 Å². The van der Waals surface area contributed by atoms with Crippen LogP contribution in [0.5, 0.6) is 0 Å². The molecule has 0 bridgehead atoms. The van der Waals surface area contributed by atoms with Crippen molar-refractivity contribution in [2.45, 2.75) is 32.5 Å². The zero-order valence-corrected chi connectivity index (χ0v) is 14.6. The van der Waals surface area contributed by atoms with E-state index in [0.29, 0.717) is 6.54 Å². The van der Waals surface area contributed by atoms with Crippen molar-refractivity contribution >= 4 is 11.7 Å². The smallest absolute Gasteiger partial charge is 0.318 e. The standard InChI is InChI=1S/C19H26N4O/c1-15(21(3)17-8-5-4-6-9-17)14-20-19(24)23-13-12-22-11-7-10-18(22)16(23)2/h4-11,15-16H,12-14H2,1-3H3,(H,20,24). The number of urea groups is 1. The molecule has 0 aliphatic carbocycles. The van der Waals surface area contributed by atoms with Gasteiger partial charge in [0.15, 0.2) is 0 Å². The molecule has 0 spiro atoms. The highest BCUT2D eigenvalue weighted by Gasteiger charge is 2.27. The Balaban J connectivity index is 1.56. The summed E-state index contributed by atoms with van der Waals surface area (Å²) in [6.45, 7) is 6.44. The second-order valence-corrected chi connectivity index (χ2v) is 6.48. The summed E-state index contributed by atoms with van der Waals surface area (Å²) in [5.41, 5.74) is 2.36. The van der Waals surface area contributed by atoms with E-state index in [0.717, 1.165) is 18.8 Å². The largest absolute Gasteiger partial charge is 0.370 e. The molecule has 0 saturated heterocycles. The second-order valence-electron chi connectivity index (χ2n) is 6.48. The second kappa shape index (κ2) is 6.99. The van der Waals surface area contributed by atoms with Gasteiger partial charge in [-0.05, 0) is 38.1 Å². The number of nitrogens with zero attached hydrogens (tertiary/aromatic N) is 3. The predicted octanol–water partition coefficient (Wildman–Crippen LogP) is 3.10. The Morgan fingerprint density at radius 2 is 2.00 bits per heavy atom. The van der Waals surface area contributed by atoms with Gasteiger partial charge >= 0.3 is 6.03 Å². The van der Waals surface area contributed by atoms with E-state index in [2.05, 4.69) is 60.1 Å². The molecule has 128 valence electrons. The molecular weight excluding hydrogens is 300 g/mol. The molecule has 1 aliphatic heterocycles. The number of hydrogen-bond acceptors (Lipinski definition) is 2. The molecule has 1 N–H and O–H groups in total. The molecule has 1 aliphatic rings. The summed E-state index contributed by atoms with van der Waals surface area (Å²) in [5.74, 6) is 0. The Hall–Kier alpha value is -2.43. The van der Waals surface area contributed by atoms with Crippen LogP contribution in [0.15, 0.2) is 48.7 Å². The van der Waals surface area contributed by atoms with Gasteiger partial charge in [-0.3, -0.25) is 0 Å². The molecule has 2 unspecified atom stereocenters. The summed E-state index contributed by atoms with van der Waals surface area (Å²) in [4.78, 5) is 16.7. The van der Waals surface area contributed by atoms with E-state index in [1.807, 2.05) is 29.2 Å². The molecule has 2 amide bonds. The molecule has 1 aromatic heterocycles. The summed E-state index contributed by atoms with van der Waals surface area (Å²) >= 11 is 0. The molecule has 2 atom stereocenters. The van der Waals surface area contributed by atoms with Crippen LogP contribution in [0.2, 0.25) is 0 Å². The molecule has 0 fully saturated rings. The Labute approximate surface area is 143 Å². The lowest BCUT2D eigenvalue weighted by molar-refractivity contribution is 0.162. The fraction of sp³-hybridized carbons (Fsp3) is 0.421. The first kappa shape index (κ1) is 16.4. The van der Waals surface area contributed by atoms with Crippen LogP contribution < -0.4 is 10.2 Å². The Bertz CT molecular complexity index is 682. The SMILES string of the molecule is CC1c2cccn2CCN1C(=O)NCC(C)N(C)c1ccccc1. The number of aromatic nitrogens is 1. The maximum Gasteiger partial charge on any atom is 0.318 e. The van der Waals surface area contributed by atoms with Crippen molar-refractivity contribution in [2.75, 3.05) is 25.0 Å². The van der Waals surface area contributed by atoms with Crippen molar-refractivity contribution in [3.8, 4) is 0 Å². The summed E-state index contributed by atoms with van der Waals surface area (Å²) in [5, 5.41) is 3.09. The van der Waals surface area contributed by atoms with Crippen molar-refractivity contribution in [3.63, 3.8) is 0 Å². The van der Waals surface area contributed by atoms with Crippen LogP contribution in [0.4, 0.5) is 10.5 Å². The van der Waals surface area contributed by atoms with Gasteiger partial charge in [-0.1, -0.05) is 18.2 Å². The fourth-order valence-corrected chi connectivity index (χ4v) is 3.25. The van der Waals surface area contributed by atoms with Crippen LogP contribution in [0.1, 0.15) is 25.6 Å². The number of nitrogens with one attached hydrogen (secondary N) is 1. The number of carbonyl (C=O) groups excluding carboxylic acids is 1. The van der Waals surface area contributed by atoms with E-state index in [-0.39, 0.29) is 18.1 Å². The Kier molecular flexibility index (Phi) is 4.79. The van der Waals surface area contributed by atoms with Crippen LogP contribution >= 0.6 is 0 Å². The summed E-state index contributed by atoms with van der Waals surface area (Å²) in [7, 11) is 2.06. The van der Waals surface area contributed by atoms with Crippen molar-refractivity contribution in [3.05, 3.63) is 54.4 Å². The maximum atomic E-state index is 12.6. The van der Waals surface area contributed by atoms with Gasteiger partial charge in [-0.2, -0.15) is 0 Å². The lowest BCUT2D eigenvalue weighted by Gasteiger charge is -2.35. The number of benzene rings is 1. The van der Waals surface area contributed by atoms with Gasteiger partial charge in [0, 0.05) is 50.3 Å². The number of fused-ring (bicyclic) bond motifs is 1. The highest BCUT2D eigenvalue weighted by molar-refractivity contribution is 5.75. The number of para-hydroxylation sites is 1. The quantitative estimate of drug-likeness (QED) is 0.938. The minimum Gasteiger partial charge on any atom is -0.370 e. The van der Waals surface area contributed by atoms with E-state index in [4.69, 9.17) is 0 Å². The summed E-state index contributed by atoms with van der Waals surface area (Å²) in [6, 6.07) is 14.7. The normalized spacial score (nSPS) is 18.0. The third-order valence-corrected chi connectivity index (χ3v) is 4.98. The molecule has 1 aromatic carbocycles. The zero-order valence-electron chi connectivity index (χ0n) is 14.6. The van der Waals surface area contributed by atoms with Crippen molar-refractivity contribution in [2.24, 2.45) is 0 Å². The predicted molar refractivity (Wildman–Crippen MR) is 97.3 cm³/mol. The summed E-state index contributed by atoms with van der Waals surface area (Å²) < 4.78 is 2.22. The number of anilines is 1. The van der Waals surface area contributed by atoms with Gasteiger partial charge in [0.2, 0.25) is 0 Å². The van der Waals surface area contributed by atoms with Crippen LogP contribution in [-0.4, -0.2) is 41.7 Å². The van der Waals surface area contributed by atoms with Crippen molar-refractivity contribution < 1.29 is 4.79 Å². The molecule has 5 nitrogen and oxygen atoms in total. The van der Waals surface area contributed by atoms with Gasteiger partial charge in [-0.15, -0.1) is 0 Å². The highest BCUT2D eigenvalue weighted by atomic mass is 16.2. The minimum absolute atomic E-state index is 0.0169. The third-order valence-electron chi connectivity index (χ3n) is 4.98. The molecular formula is C19H26N4O. The molecule has 5 heteroatoms. The number of amides is 2. The zero-order chi connectivity index (χ0) is 17.1. The van der Waals surface area contributed by atoms with Crippen molar-refractivity contribution in [1.29, 1.82) is 0 Å². The lowest BCUT2D eigenvalue weighted by atomic mass is 10.1. The molecule has 2 aromatic rings. The molecule has 0 saturated carbocycles. The monoisotopic (exact) mass is 326 g/mol. The molecule has 3 rings (SSSR count). The first-order chi connectivity index (χ1) is 11.6. The first-order valence-corrected chi connectivity index (χ1v) is 8.55. The van der Waals surface area contributed by atoms with Gasteiger partial charge in [0.25, 0.3) is 0 Å². The average molecular weight is 326 g/mol. The fourth-order valence-electron chi connectivity index (χ4n) is 3.25. The number of likely N-dealkylation sites (N-methyl/N-ethyl adjacent to an activating group) is 1. The van der Waals surface area contributed by atoms with Gasteiger partial charge in [0.05, 0.1) is 6.04 Å². The van der Waals surface area contributed by atoms with E-state index < -0.39 is 0 Å². The number of carbonyl (C=O) groups is 1. The molecule has 0 radical (unpaired) electrons. The Morgan fingerprint density at radius 1 is 1.25 bits per heavy atom. The lowest BCUT2D eigenvalue weighted by Crippen LogP contribution is -2.49. The van der Waals surface area contributed by atoms with Crippen LogP contribution in [0.25, 0.3) is 0 Å². The van der Waals surface area contributed by atoms with Crippen LogP contribution in [0.3, 0.4) is 0 Å². The third kappa shape index (κ3) is 3.25. The van der Waals surface area contributed by atoms with Gasteiger partial charge in [-0.25, -0.2) is 4.79 Å². The first-order valence-electron chi connectivity index (χ1n) is 8.55. The van der Waals surface area contributed by atoms with Gasteiger partial charge < -0.3 is 19.7 Å². The molecule has 2 heterocycles. The molecule has 24 heavy (non-hydrogen) atoms. The van der Waals surface area contributed by atoms with E-state index in [1.165, 1.54) is 5.69 Å². The van der Waals surface area contributed by atoms with E-state index in [9.17, 15) is 4.79 Å². The topological polar surface area (TPSA) is 40.5 Å².